The van der Waals surface area contributed by atoms with E-state index in [1.807, 2.05) is 70.2 Å². The zero-order valence-corrected chi connectivity index (χ0v) is 18.7. The lowest BCUT2D eigenvalue weighted by atomic mass is 9.98. The number of hydrogen-bond acceptors (Lipinski definition) is 6. The van der Waals surface area contributed by atoms with Gasteiger partial charge in [0.2, 0.25) is 0 Å². The van der Waals surface area contributed by atoms with Crippen molar-refractivity contribution in [3.63, 3.8) is 0 Å². The zero-order valence-electron chi connectivity index (χ0n) is 18.7. The molecule has 1 aliphatic heterocycles. The summed E-state index contributed by atoms with van der Waals surface area (Å²) in [6.07, 6.45) is 6.77. The van der Waals surface area contributed by atoms with Crippen molar-refractivity contribution in [2.75, 3.05) is 18.8 Å². The molecule has 3 N–H and O–H groups in total. The molecule has 172 valence electrons. The highest BCUT2D eigenvalue weighted by Gasteiger charge is 2.27. The van der Waals surface area contributed by atoms with Crippen molar-refractivity contribution in [2.45, 2.75) is 18.8 Å². The number of aromatic nitrogens is 3. The number of amides is 1. The molecule has 8 heteroatoms. The predicted octanol–water partition coefficient (Wildman–Crippen LogP) is 4.17. The number of carbonyl (C=O) groups excluding carboxylic acids is 1. The van der Waals surface area contributed by atoms with Crippen LogP contribution >= 0.6 is 0 Å². The second-order valence-corrected chi connectivity index (χ2v) is 8.25. The van der Waals surface area contributed by atoms with Gasteiger partial charge in [0.05, 0.1) is 0 Å². The zero-order chi connectivity index (χ0) is 23.5. The largest absolute Gasteiger partial charge is 0.457 e. The fraction of sp³-hybridized carbons (Fsp3) is 0.192. The number of imidazole rings is 1. The molecule has 4 aromatic rings. The van der Waals surface area contributed by atoms with E-state index in [1.165, 1.54) is 6.08 Å². The van der Waals surface area contributed by atoms with Gasteiger partial charge in [-0.1, -0.05) is 24.8 Å². The number of piperidine rings is 1. The number of nitrogens with one attached hydrogen (secondary N) is 1. The molecule has 0 bridgehead atoms. The first-order valence-electron chi connectivity index (χ1n) is 11.3. The maximum atomic E-state index is 11.8. The number of carbonyl (C=O) groups is 1. The van der Waals surface area contributed by atoms with E-state index < -0.39 is 0 Å². The third kappa shape index (κ3) is 4.35. The van der Waals surface area contributed by atoms with Gasteiger partial charge in [-0.2, -0.15) is 0 Å². The van der Waals surface area contributed by atoms with E-state index in [1.54, 1.807) is 6.20 Å². The smallest absolute Gasteiger partial charge is 0.257 e. The van der Waals surface area contributed by atoms with Crippen LogP contribution in [0.25, 0.3) is 16.8 Å². The highest BCUT2D eigenvalue weighted by atomic mass is 16.5. The molecule has 1 saturated heterocycles. The Morgan fingerprint density at radius 2 is 1.91 bits per heavy atom. The lowest BCUT2D eigenvalue weighted by Gasteiger charge is -2.31. The highest BCUT2D eigenvalue weighted by Crippen LogP contribution is 2.34. The van der Waals surface area contributed by atoms with Crippen LogP contribution in [0.15, 0.2) is 79.6 Å². The summed E-state index contributed by atoms with van der Waals surface area (Å²) in [7, 11) is 0. The van der Waals surface area contributed by atoms with Gasteiger partial charge in [-0.25, -0.2) is 15.0 Å². The standard InChI is InChI=1S/C26H26N6O2/c1-2-22(33)30-31-15-6-7-19(17-31)26-29-23(24-25(27)28-14-16-32(24)26)18-10-12-21(13-11-18)34-20-8-4-3-5-9-20/h2-5,8-14,16,19H,1,6-7,15,17H2,(H2,27,28)(H,30,33). The lowest BCUT2D eigenvalue weighted by molar-refractivity contribution is -0.121. The highest BCUT2D eigenvalue weighted by molar-refractivity contribution is 5.86. The van der Waals surface area contributed by atoms with Crippen molar-refractivity contribution >= 4 is 17.2 Å². The number of hydrazine groups is 1. The third-order valence-electron chi connectivity index (χ3n) is 5.96. The van der Waals surface area contributed by atoms with E-state index in [-0.39, 0.29) is 11.8 Å². The Bertz CT molecular complexity index is 1320. The maximum absolute atomic E-state index is 11.8. The lowest BCUT2D eigenvalue weighted by Crippen LogP contribution is -2.46. The second kappa shape index (κ2) is 9.36. The minimum Gasteiger partial charge on any atom is -0.457 e. The summed E-state index contributed by atoms with van der Waals surface area (Å²) in [5.74, 6) is 2.77. The molecule has 0 saturated carbocycles. The summed E-state index contributed by atoms with van der Waals surface area (Å²) >= 11 is 0. The van der Waals surface area contributed by atoms with Crippen LogP contribution in [0.3, 0.4) is 0 Å². The molecular weight excluding hydrogens is 428 g/mol. The van der Waals surface area contributed by atoms with Crippen molar-refractivity contribution in [1.29, 1.82) is 0 Å². The van der Waals surface area contributed by atoms with Gasteiger partial charge in [0.25, 0.3) is 5.91 Å². The van der Waals surface area contributed by atoms with Crippen LogP contribution in [-0.2, 0) is 4.79 Å². The van der Waals surface area contributed by atoms with E-state index in [2.05, 4.69) is 17.0 Å². The molecule has 1 aliphatic rings. The topological polar surface area (TPSA) is 97.8 Å². The molecule has 1 amide bonds. The van der Waals surface area contributed by atoms with Crippen LogP contribution in [0.2, 0.25) is 0 Å². The fourth-order valence-corrected chi connectivity index (χ4v) is 4.37. The molecule has 1 fully saturated rings. The normalized spacial score (nSPS) is 16.3. The number of nitrogen functional groups attached to an aromatic ring is 1. The quantitative estimate of drug-likeness (QED) is 0.425. The number of para-hydroxylation sites is 1. The molecule has 2 aromatic carbocycles. The summed E-state index contributed by atoms with van der Waals surface area (Å²) in [5.41, 5.74) is 11.7. The summed E-state index contributed by atoms with van der Waals surface area (Å²) in [6, 6.07) is 17.5. The molecule has 34 heavy (non-hydrogen) atoms. The second-order valence-electron chi connectivity index (χ2n) is 8.25. The number of hydrogen-bond donors (Lipinski definition) is 2. The van der Waals surface area contributed by atoms with Crippen LogP contribution in [0, 0.1) is 0 Å². The Labute approximate surface area is 197 Å². The molecular formula is C26H26N6O2. The van der Waals surface area contributed by atoms with Crippen molar-refractivity contribution in [3.8, 4) is 22.8 Å². The third-order valence-corrected chi connectivity index (χ3v) is 5.96. The average molecular weight is 455 g/mol. The van der Waals surface area contributed by atoms with Crippen molar-refractivity contribution < 1.29 is 9.53 Å². The first-order valence-corrected chi connectivity index (χ1v) is 11.3. The van der Waals surface area contributed by atoms with Gasteiger partial charge in [-0.3, -0.25) is 14.6 Å². The van der Waals surface area contributed by atoms with Gasteiger partial charge in [-0.05, 0) is 55.3 Å². The number of benzene rings is 2. The minimum atomic E-state index is -0.208. The van der Waals surface area contributed by atoms with Gasteiger partial charge in [-0.15, -0.1) is 0 Å². The molecule has 8 nitrogen and oxygen atoms in total. The molecule has 3 heterocycles. The van der Waals surface area contributed by atoms with Gasteiger partial charge in [0.15, 0.2) is 0 Å². The van der Waals surface area contributed by atoms with Crippen LogP contribution in [0.5, 0.6) is 11.5 Å². The van der Waals surface area contributed by atoms with Crippen molar-refractivity contribution in [2.24, 2.45) is 0 Å². The molecule has 1 unspecified atom stereocenters. The summed E-state index contributed by atoms with van der Waals surface area (Å²) in [6.45, 7) is 4.98. The average Bonchev–Trinajstić information content (AvgIpc) is 3.26. The van der Waals surface area contributed by atoms with Gasteiger partial charge in [0.1, 0.15) is 34.4 Å². The first kappa shape index (κ1) is 21.7. The van der Waals surface area contributed by atoms with Crippen LogP contribution in [0.1, 0.15) is 24.6 Å². The van der Waals surface area contributed by atoms with E-state index in [4.69, 9.17) is 15.5 Å². The molecule has 2 aromatic heterocycles. The Balaban J connectivity index is 1.47. The summed E-state index contributed by atoms with van der Waals surface area (Å²) in [4.78, 5) is 21.1. The number of rotatable bonds is 6. The Hall–Kier alpha value is -4.17. The number of ether oxygens (including phenoxy) is 1. The predicted molar refractivity (Wildman–Crippen MR) is 131 cm³/mol. The Kier molecular flexibility index (Phi) is 5.97. The Morgan fingerprint density at radius 1 is 1.15 bits per heavy atom. The number of fused-ring (bicyclic) bond motifs is 1. The molecule has 0 spiro atoms. The van der Waals surface area contributed by atoms with E-state index >= 15 is 0 Å². The van der Waals surface area contributed by atoms with E-state index in [9.17, 15) is 4.79 Å². The SMILES string of the molecule is C=CC(=O)NN1CCCC(c2nc(-c3ccc(Oc4ccccc4)cc3)c3c(N)nccn23)C1. The number of nitrogens with two attached hydrogens (primary N) is 1. The molecule has 0 aliphatic carbocycles. The van der Waals surface area contributed by atoms with Crippen molar-refractivity contribution in [3.05, 3.63) is 85.5 Å². The monoisotopic (exact) mass is 454 g/mol. The van der Waals surface area contributed by atoms with Crippen LogP contribution < -0.4 is 15.9 Å². The van der Waals surface area contributed by atoms with Gasteiger partial charge in [0, 0.05) is 37.0 Å². The van der Waals surface area contributed by atoms with Crippen LogP contribution in [-0.4, -0.2) is 38.4 Å². The number of nitrogens with zero attached hydrogens (tertiary/aromatic N) is 4. The van der Waals surface area contributed by atoms with Gasteiger partial charge < -0.3 is 10.5 Å². The van der Waals surface area contributed by atoms with Gasteiger partial charge >= 0.3 is 0 Å². The van der Waals surface area contributed by atoms with E-state index in [0.29, 0.717) is 12.4 Å². The van der Waals surface area contributed by atoms with Crippen LogP contribution in [0.4, 0.5) is 5.82 Å². The summed E-state index contributed by atoms with van der Waals surface area (Å²) < 4.78 is 7.95. The fourth-order valence-electron chi connectivity index (χ4n) is 4.37. The molecule has 1 atom stereocenters. The summed E-state index contributed by atoms with van der Waals surface area (Å²) in [5, 5.41) is 1.93. The van der Waals surface area contributed by atoms with E-state index in [0.717, 1.165) is 53.5 Å². The first-order chi connectivity index (χ1) is 16.6. The maximum Gasteiger partial charge on any atom is 0.257 e. The number of anilines is 1. The molecule has 0 radical (unpaired) electrons. The Morgan fingerprint density at radius 3 is 2.68 bits per heavy atom. The van der Waals surface area contributed by atoms with Crippen molar-refractivity contribution in [1.82, 2.24) is 24.8 Å². The molecule has 5 rings (SSSR count). The minimum absolute atomic E-state index is 0.127.